The zero-order valence-corrected chi connectivity index (χ0v) is 10.9. The molecular formula is C12H11BrO2S. The number of hydrogen-bond acceptors (Lipinski definition) is 3. The number of thiophene rings is 1. The van der Waals surface area contributed by atoms with E-state index in [9.17, 15) is 5.11 Å². The molecule has 1 heterocycles. The zero-order valence-electron chi connectivity index (χ0n) is 8.52. The number of ether oxygens (including phenoxy) is 1. The number of halogens is 1. The highest BCUT2D eigenvalue weighted by molar-refractivity contribution is 9.10. The third kappa shape index (κ3) is 2.64. The molecule has 0 saturated carbocycles. The molecule has 0 aliphatic carbocycles. The van der Waals surface area contributed by atoms with Gasteiger partial charge < -0.3 is 9.84 Å². The first-order valence-corrected chi connectivity index (χ1v) is 6.52. The van der Waals surface area contributed by atoms with Crippen molar-refractivity contribution < 1.29 is 9.84 Å². The Hall–Kier alpha value is -0.840. The topological polar surface area (TPSA) is 29.5 Å². The molecule has 0 saturated heterocycles. The highest BCUT2D eigenvalue weighted by Gasteiger charge is 2.07. The first kappa shape index (κ1) is 11.6. The van der Waals surface area contributed by atoms with Gasteiger partial charge in [0.15, 0.2) is 0 Å². The summed E-state index contributed by atoms with van der Waals surface area (Å²) in [5.74, 6) is 0.721. The van der Waals surface area contributed by atoms with E-state index >= 15 is 0 Å². The van der Waals surface area contributed by atoms with Crippen LogP contribution in [0.5, 0.6) is 5.75 Å². The largest absolute Gasteiger partial charge is 0.487 e. The Morgan fingerprint density at radius 2 is 2.12 bits per heavy atom. The Balaban J connectivity index is 2.14. The van der Waals surface area contributed by atoms with Crippen molar-refractivity contribution in [2.75, 3.05) is 0 Å². The average molecular weight is 299 g/mol. The van der Waals surface area contributed by atoms with Gasteiger partial charge in [-0.3, -0.25) is 0 Å². The Morgan fingerprint density at radius 3 is 2.81 bits per heavy atom. The minimum Gasteiger partial charge on any atom is -0.487 e. The molecule has 0 spiro atoms. The third-order valence-corrected chi connectivity index (χ3v) is 3.63. The number of para-hydroxylation sites is 1. The Morgan fingerprint density at radius 1 is 1.25 bits per heavy atom. The van der Waals surface area contributed by atoms with Crippen LogP contribution in [0.2, 0.25) is 0 Å². The predicted molar refractivity (Wildman–Crippen MR) is 68.7 cm³/mol. The van der Waals surface area contributed by atoms with Crippen LogP contribution in [0.1, 0.15) is 10.4 Å². The minimum absolute atomic E-state index is 0.0147. The van der Waals surface area contributed by atoms with Gasteiger partial charge in [0, 0.05) is 10.4 Å². The van der Waals surface area contributed by atoms with E-state index in [-0.39, 0.29) is 6.61 Å². The van der Waals surface area contributed by atoms with Crippen LogP contribution < -0.4 is 4.74 Å². The fourth-order valence-electron chi connectivity index (χ4n) is 1.38. The summed E-state index contributed by atoms with van der Waals surface area (Å²) in [6, 6.07) is 9.67. The van der Waals surface area contributed by atoms with Crippen molar-refractivity contribution >= 4 is 27.3 Å². The maximum Gasteiger partial charge on any atom is 0.139 e. The lowest BCUT2D eigenvalue weighted by Gasteiger charge is -2.10. The molecule has 0 radical (unpaired) electrons. The molecule has 16 heavy (non-hydrogen) atoms. The molecule has 0 fully saturated rings. The summed E-state index contributed by atoms with van der Waals surface area (Å²) < 4.78 is 6.58. The number of benzene rings is 1. The molecule has 1 aromatic heterocycles. The van der Waals surface area contributed by atoms with Crippen molar-refractivity contribution in [2.24, 2.45) is 0 Å². The lowest BCUT2D eigenvalue weighted by molar-refractivity contribution is 0.259. The standard InChI is InChI=1S/C12H11BrO2S/c13-11-5-1-3-9(7-14)12(11)15-8-10-4-2-6-16-10/h1-6,14H,7-8H2. The summed E-state index contributed by atoms with van der Waals surface area (Å²) in [7, 11) is 0. The van der Waals surface area contributed by atoms with Gasteiger partial charge in [-0.15, -0.1) is 11.3 Å². The Bertz CT molecular complexity index is 454. The molecule has 4 heteroatoms. The van der Waals surface area contributed by atoms with E-state index in [0.29, 0.717) is 6.61 Å². The van der Waals surface area contributed by atoms with Gasteiger partial charge in [0.05, 0.1) is 11.1 Å². The predicted octanol–water partition coefficient (Wildman–Crippen LogP) is 3.58. The van der Waals surface area contributed by atoms with Crippen LogP contribution in [0.4, 0.5) is 0 Å². The highest BCUT2D eigenvalue weighted by Crippen LogP contribution is 2.30. The normalized spacial score (nSPS) is 10.4. The van der Waals surface area contributed by atoms with Crippen LogP contribution >= 0.6 is 27.3 Å². The van der Waals surface area contributed by atoms with Gasteiger partial charge in [-0.1, -0.05) is 18.2 Å². The molecule has 0 aliphatic heterocycles. The third-order valence-electron chi connectivity index (χ3n) is 2.16. The fraction of sp³-hybridized carbons (Fsp3) is 0.167. The summed E-state index contributed by atoms with van der Waals surface area (Å²) in [6.45, 7) is 0.520. The van der Waals surface area contributed by atoms with Gasteiger partial charge >= 0.3 is 0 Å². The number of aliphatic hydroxyl groups is 1. The molecule has 1 aromatic carbocycles. The van der Waals surface area contributed by atoms with E-state index in [2.05, 4.69) is 15.9 Å². The van der Waals surface area contributed by atoms with Crippen molar-refractivity contribution in [3.63, 3.8) is 0 Å². The van der Waals surface area contributed by atoms with Crippen molar-refractivity contribution in [1.82, 2.24) is 0 Å². The lowest BCUT2D eigenvalue weighted by atomic mass is 10.2. The van der Waals surface area contributed by atoms with Crippen LogP contribution in [0, 0.1) is 0 Å². The van der Waals surface area contributed by atoms with Gasteiger partial charge in [-0.05, 0) is 33.4 Å². The van der Waals surface area contributed by atoms with E-state index in [1.165, 1.54) is 4.88 Å². The van der Waals surface area contributed by atoms with Crippen molar-refractivity contribution in [2.45, 2.75) is 13.2 Å². The van der Waals surface area contributed by atoms with Gasteiger partial charge in [-0.25, -0.2) is 0 Å². The highest BCUT2D eigenvalue weighted by atomic mass is 79.9. The second-order valence-electron chi connectivity index (χ2n) is 3.25. The SMILES string of the molecule is OCc1cccc(Br)c1OCc1cccs1. The molecule has 0 amide bonds. The monoisotopic (exact) mass is 298 g/mol. The molecular weight excluding hydrogens is 288 g/mol. The number of rotatable bonds is 4. The molecule has 0 bridgehead atoms. The van der Waals surface area contributed by atoms with Crippen LogP contribution in [0.15, 0.2) is 40.2 Å². The summed E-state index contributed by atoms with van der Waals surface area (Å²) in [5.41, 5.74) is 0.797. The first-order chi connectivity index (χ1) is 7.81. The van der Waals surface area contributed by atoms with Gasteiger partial charge in [0.1, 0.15) is 12.4 Å². The Kier molecular flexibility index (Phi) is 3.98. The molecule has 2 aromatic rings. The van der Waals surface area contributed by atoms with E-state index in [4.69, 9.17) is 4.74 Å². The second kappa shape index (κ2) is 5.48. The van der Waals surface area contributed by atoms with Crippen LogP contribution in [-0.4, -0.2) is 5.11 Å². The van der Waals surface area contributed by atoms with E-state index < -0.39 is 0 Å². The number of aliphatic hydroxyl groups excluding tert-OH is 1. The second-order valence-corrected chi connectivity index (χ2v) is 5.14. The maximum atomic E-state index is 9.20. The summed E-state index contributed by atoms with van der Waals surface area (Å²) in [4.78, 5) is 1.17. The average Bonchev–Trinajstić information content (AvgIpc) is 2.80. The van der Waals surface area contributed by atoms with Crippen molar-refractivity contribution in [1.29, 1.82) is 0 Å². The van der Waals surface area contributed by atoms with Gasteiger partial charge in [-0.2, -0.15) is 0 Å². The van der Waals surface area contributed by atoms with Crippen molar-refractivity contribution in [3.05, 3.63) is 50.6 Å². The van der Waals surface area contributed by atoms with Crippen molar-refractivity contribution in [3.8, 4) is 5.75 Å². The lowest BCUT2D eigenvalue weighted by Crippen LogP contribution is -1.98. The fourth-order valence-corrected chi connectivity index (χ4v) is 2.52. The van der Waals surface area contributed by atoms with Crippen LogP contribution in [0.25, 0.3) is 0 Å². The minimum atomic E-state index is -0.0147. The van der Waals surface area contributed by atoms with E-state index in [1.54, 1.807) is 11.3 Å². The molecule has 2 nitrogen and oxygen atoms in total. The molecule has 84 valence electrons. The number of hydrogen-bond donors (Lipinski definition) is 1. The summed E-state index contributed by atoms with van der Waals surface area (Å²) in [6.07, 6.45) is 0. The zero-order chi connectivity index (χ0) is 11.4. The summed E-state index contributed by atoms with van der Waals surface area (Å²) >= 11 is 5.08. The molecule has 0 unspecified atom stereocenters. The smallest absolute Gasteiger partial charge is 0.139 e. The summed E-state index contributed by atoms with van der Waals surface area (Å²) in [5, 5.41) is 11.2. The van der Waals surface area contributed by atoms with E-state index in [0.717, 1.165) is 15.8 Å². The molecule has 1 N–H and O–H groups in total. The molecule has 2 rings (SSSR count). The molecule has 0 atom stereocenters. The van der Waals surface area contributed by atoms with Crippen LogP contribution in [-0.2, 0) is 13.2 Å². The van der Waals surface area contributed by atoms with Crippen LogP contribution in [0.3, 0.4) is 0 Å². The van der Waals surface area contributed by atoms with Gasteiger partial charge in [0.2, 0.25) is 0 Å². The van der Waals surface area contributed by atoms with Gasteiger partial charge in [0.25, 0.3) is 0 Å². The maximum absolute atomic E-state index is 9.20. The van der Waals surface area contributed by atoms with E-state index in [1.807, 2.05) is 35.7 Å². The molecule has 0 aliphatic rings. The quantitative estimate of drug-likeness (QED) is 0.935. The first-order valence-electron chi connectivity index (χ1n) is 4.84. The Labute approximate surface area is 107 Å².